The van der Waals surface area contributed by atoms with Crippen LogP contribution in [-0.4, -0.2) is 19.3 Å². The Morgan fingerprint density at radius 3 is 2.71 bits per heavy atom. The van der Waals surface area contributed by atoms with Crippen LogP contribution in [0.1, 0.15) is 51.5 Å². The highest BCUT2D eigenvalue weighted by molar-refractivity contribution is 5.47. The van der Waals surface area contributed by atoms with Gasteiger partial charge in [0.25, 0.3) is 0 Å². The van der Waals surface area contributed by atoms with Gasteiger partial charge in [-0.05, 0) is 37.2 Å². The molecule has 0 aromatic heterocycles. The number of hydrogen-bond acceptors (Lipinski definition) is 3. The van der Waals surface area contributed by atoms with Crippen LogP contribution in [0.2, 0.25) is 0 Å². The monoisotopic (exact) mass is 289 g/mol. The lowest BCUT2D eigenvalue weighted by molar-refractivity contribution is 0.205. The summed E-state index contributed by atoms with van der Waals surface area (Å²) in [6.45, 7) is 7.14. The van der Waals surface area contributed by atoms with Crippen LogP contribution in [0.5, 0.6) is 11.5 Å². The molecule has 3 rings (SSSR count). The second kappa shape index (κ2) is 6.27. The van der Waals surface area contributed by atoms with Gasteiger partial charge in [-0.1, -0.05) is 26.0 Å². The third kappa shape index (κ3) is 3.70. The summed E-state index contributed by atoms with van der Waals surface area (Å²) >= 11 is 0. The minimum absolute atomic E-state index is 0.527. The fraction of sp³-hybridized carbons (Fsp3) is 0.667. The zero-order chi connectivity index (χ0) is 14.7. The van der Waals surface area contributed by atoms with Crippen LogP contribution in [-0.2, 0) is 6.54 Å². The third-order valence-corrected chi connectivity index (χ3v) is 4.77. The molecule has 3 heteroatoms. The van der Waals surface area contributed by atoms with Crippen molar-refractivity contribution in [3.63, 3.8) is 0 Å². The summed E-state index contributed by atoms with van der Waals surface area (Å²) in [6.07, 6.45) is 6.15. The van der Waals surface area contributed by atoms with Gasteiger partial charge < -0.3 is 14.8 Å². The van der Waals surface area contributed by atoms with Crippen molar-refractivity contribution >= 4 is 0 Å². The molecule has 0 bridgehead atoms. The molecule has 2 aliphatic rings. The molecule has 116 valence electrons. The third-order valence-electron chi connectivity index (χ3n) is 4.77. The Hall–Kier alpha value is -1.22. The second-order valence-electron chi connectivity index (χ2n) is 7.11. The van der Waals surface area contributed by atoms with Crippen molar-refractivity contribution in [2.45, 2.75) is 58.5 Å². The molecule has 0 amide bonds. The van der Waals surface area contributed by atoms with E-state index >= 15 is 0 Å². The standard InChI is InChI=1S/C18H27NO2/c1-18(2)9-7-15(8-10-18)19-13-14-5-3-6-16-17(14)21-12-4-11-20-16/h3,5-6,15,19H,4,7-13H2,1-2H3. The first-order valence-corrected chi connectivity index (χ1v) is 8.25. The summed E-state index contributed by atoms with van der Waals surface area (Å²) < 4.78 is 11.6. The molecule has 0 unspecified atom stereocenters. The van der Waals surface area contributed by atoms with Crippen LogP contribution in [0, 0.1) is 5.41 Å². The number of para-hydroxylation sites is 1. The fourth-order valence-corrected chi connectivity index (χ4v) is 3.25. The van der Waals surface area contributed by atoms with Crippen LogP contribution in [0.4, 0.5) is 0 Å². The van der Waals surface area contributed by atoms with E-state index in [1.807, 2.05) is 6.07 Å². The first-order valence-electron chi connectivity index (χ1n) is 8.25. The van der Waals surface area contributed by atoms with Crippen LogP contribution < -0.4 is 14.8 Å². The molecule has 1 fully saturated rings. The summed E-state index contributed by atoms with van der Waals surface area (Å²) in [5.41, 5.74) is 1.75. The normalized spacial score (nSPS) is 21.8. The zero-order valence-electron chi connectivity index (χ0n) is 13.3. The Morgan fingerprint density at radius 1 is 1.14 bits per heavy atom. The molecule has 1 saturated carbocycles. The Labute approximate surface area is 128 Å². The summed E-state index contributed by atoms with van der Waals surface area (Å²) in [5.74, 6) is 1.84. The molecule has 1 heterocycles. The van der Waals surface area contributed by atoms with Gasteiger partial charge in [0.05, 0.1) is 13.2 Å². The van der Waals surface area contributed by atoms with Crippen molar-refractivity contribution in [3.05, 3.63) is 23.8 Å². The molecule has 1 aromatic rings. The molecule has 1 aromatic carbocycles. The van der Waals surface area contributed by atoms with Gasteiger partial charge in [0.2, 0.25) is 0 Å². The van der Waals surface area contributed by atoms with Crippen molar-refractivity contribution in [2.24, 2.45) is 5.41 Å². The number of hydrogen-bond donors (Lipinski definition) is 1. The second-order valence-corrected chi connectivity index (χ2v) is 7.11. The van der Waals surface area contributed by atoms with Crippen molar-refractivity contribution in [2.75, 3.05) is 13.2 Å². The van der Waals surface area contributed by atoms with E-state index in [1.54, 1.807) is 0 Å². The van der Waals surface area contributed by atoms with Crippen LogP contribution in [0.3, 0.4) is 0 Å². The van der Waals surface area contributed by atoms with Gasteiger partial charge in [-0.25, -0.2) is 0 Å². The van der Waals surface area contributed by atoms with Gasteiger partial charge in [-0.3, -0.25) is 0 Å². The molecule has 3 nitrogen and oxygen atoms in total. The quantitative estimate of drug-likeness (QED) is 0.915. The average molecular weight is 289 g/mol. The zero-order valence-corrected chi connectivity index (χ0v) is 13.3. The minimum Gasteiger partial charge on any atom is -0.490 e. The predicted molar refractivity (Wildman–Crippen MR) is 84.9 cm³/mol. The number of ether oxygens (including phenoxy) is 2. The molecule has 0 spiro atoms. The Balaban J connectivity index is 1.61. The molecule has 0 atom stereocenters. The molecular weight excluding hydrogens is 262 g/mol. The first kappa shape index (κ1) is 14.7. The highest BCUT2D eigenvalue weighted by atomic mass is 16.5. The summed E-state index contributed by atoms with van der Waals surface area (Å²) in [5, 5.41) is 3.71. The molecule has 1 aliphatic carbocycles. The fourth-order valence-electron chi connectivity index (χ4n) is 3.25. The summed E-state index contributed by atoms with van der Waals surface area (Å²) in [4.78, 5) is 0. The van der Waals surface area contributed by atoms with E-state index in [-0.39, 0.29) is 0 Å². The van der Waals surface area contributed by atoms with Crippen molar-refractivity contribution < 1.29 is 9.47 Å². The Bertz CT molecular complexity index is 474. The van der Waals surface area contributed by atoms with Gasteiger partial charge >= 0.3 is 0 Å². The first-order chi connectivity index (χ1) is 10.1. The van der Waals surface area contributed by atoms with E-state index < -0.39 is 0 Å². The van der Waals surface area contributed by atoms with Crippen molar-refractivity contribution in [3.8, 4) is 11.5 Å². The van der Waals surface area contributed by atoms with Gasteiger partial charge in [0, 0.05) is 24.6 Å². The predicted octanol–water partition coefficient (Wildman–Crippen LogP) is 3.91. The summed E-state index contributed by atoms with van der Waals surface area (Å²) in [7, 11) is 0. The van der Waals surface area contributed by atoms with Crippen molar-refractivity contribution in [1.82, 2.24) is 5.32 Å². The average Bonchev–Trinajstić information content (AvgIpc) is 2.72. The van der Waals surface area contributed by atoms with E-state index in [0.29, 0.717) is 11.5 Å². The molecule has 0 radical (unpaired) electrons. The van der Waals surface area contributed by atoms with Gasteiger partial charge in [-0.2, -0.15) is 0 Å². The lowest BCUT2D eigenvalue weighted by Crippen LogP contribution is -2.35. The van der Waals surface area contributed by atoms with Crippen LogP contribution >= 0.6 is 0 Å². The molecule has 21 heavy (non-hydrogen) atoms. The lowest BCUT2D eigenvalue weighted by atomic mass is 9.75. The van der Waals surface area contributed by atoms with E-state index in [0.717, 1.165) is 37.7 Å². The SMILES string of the molecule is CC1(C)CCC(NCc2cccc3c2OCCCO3)CC1. The molecular formula is C18H27NO2. The topological polar surface area (TPSA) is 30.5 Å². The number of nitrogens with one attached hydrogen (secondary N) is 1. The highest BCUT2D eigenvalue weighted by Crippen LogP contribution is 2.36. The molecule has 1 N–H and O–H groups in total. The maximum absolute atomic E-state index is 5.89. The van der Waals surface area contributed by atoms with E-state index in [4.69, 9.17) is 9.47 Å². The smallest absolute Gasteiger partial charge is 0.165 e. The Morgan fingerprint density at radius 2 is 1.90 bits per heavy atom. The molecule has 1 aliphatic heterocycles. The Kier molecular flexibility index (Phi) is 4.39. The molecule has 0 saturated heterocycles. The van der Waals surface area contributed by atoms with E-state index in [2.05, 4.69) is 31.3 Å². The number of rotatable bonds is 3. The van der Waals surface area contributed by atoms with E-state index in [1.165, 1.54) is 31.2 Å². The van der Waals surface area contributed by atoms with Crippen LogP contribution in [0.25, 0.3) is 0 Å². The lowest BCUT2D eigenvalue weighted by Gasteiger charge is -2.34. The number of fused-ring (bicyclic) bond motifs is 1. The summed E-state index contributed by atoms with van der Waals surface area (Å²) in [6, 6.07) is 6.86. The maximum atomic E-state index is 5.89. The highest BCUT2D eigenvalue weighted by Gasteiger charge is 2.26. The largest absolute Gasteiger partial charge is 0.490 e. The van der Waals surface area contributed by atoms with Gasteiger partial charge in [0.1, 0.15) is 0 Å². The van der Waals surface area contributed by atoms with E-state index in [9.17, 15) is 0 Å². The minimum atomic E-state index is 0.527. The van der Waals surface area contributed by atoms with Gasteiger partial charge in [0.15, 0.2) is 11.5 Å². The maximum Gasteiger partial charge on any atom is 0.165 e. The number of benzene rings is 1. The van der Waals surface area contributed by atoms with Gasteiger partial charge in [-0.15, -0.1) is 0 Å². The van der Waals surface area contributed by atoms with Crippen molar-refractivity contribution in [1.29, 1.82) is 0 Å². The van der Waals surface area contributed by atoms with Crippen LogP contribution in [0.15, 0.2) is 18.2 Å².